The van der Waals surface area contributed by atoms with Crippen molar-refractivity contribution in [2.45, 2.75) is 32.2 Å². The zero-order valence-electron chi connectivity index (χ0n) is 16.0. The zero-order valence-corrected chi connectivity index (χ0v) is 16.0. The number of carbonyl (C=O) groups is 1. The maximum absolute atomic E-state index is 13.4. The van der Waals surface area contributed by atoms with Crippen molar-refractivity contribution in [3.63, 3.8) is 0 Å². The minimum atomic E-state index is -0.303. The molecule has 1 atom stereocenters. The summed E-state index contributed by atoms with van der Waals surface area (Å²) in [7, 11) is 0. The number of likely N-dealkylation sites (tertiary alicyclic amines) is 1. The van der Waals surface area contributed by atoms with Gasteiger partial charge in [0.05, 0.1) is 6.42 Å². The summed E-state index contributed by atoms with van der Waals surface area (Å²) in [5.41, 5.74) is 3.08. The highest BCUT2D eigenvalue weighted by Gasteiger charge is 2.30. The van der Waals surface area contributed by atoms with Crippen molar-refractivity contribution < 1.29 is 9.18 Å². The Bertz CT molecular complexity index is 967. The molecule has 28 heavy (non-hydrogen) atoms. The lowest BCUT2D eigenvalue weighted by Crippen LogP contribution is -2.30. The third-order valence-corrected chi connectivity index (χ3v) is 5.42. The molecule has 0 N–H and O–H groups in total. The molecule has 0 saturated carbocycles. The van der Waals surface area contributed by atoms with Crippen molar-refractivity contribution >= 4 is 5.91 Å². The maximum Gasteiger partial charge on any atom is 0.227 e. The van der Waals surface area contributed by atoms with Crippen LogP contribution in [0.15, 0.2) is 60.8 Å². The van der Waals surface area contributed by atoms with Gasteiger partial charge in [0.25, 0.3) is 0 Å². The molecule has 2 aromatic carbocycles. The van der Waals surface area contributed by atoms with E-state index in [0.717, 1.165) is 36.6 Å². The molecule has 1 aromatic heterocycles. The van der Waals surface area contributed by atoms with Crippen LogP contribution < -0.4 is 0 Å². The monoisotopic (exact) mass is 377 g/mol. The zero-order chi connectivity index (χ0) is 19.5. The summed E-state index contributed by atoms with van der Waals surface area (Å²) in [6.07, 6.45) is 3.05. The number of carbonyl (C=O) groups excluding carboxylic acids is 1. The van der Waals surface area contributed by atoms with Crippen molar-refractivity contribution in [2.75, 3.05) is 13.1 Å². The lowest BCUT2D eigenvalue weighted by Gasteiger charge is -2.18. The number of aryl methyl sites for hydroxylation is 1. The molecule has 1 amide bonds. The number of hydrogen-bond donors (Lipinski definition) is 0. The SMILES string of the molecule is Cc1cnc(C2CCN(C(=O)Cc3cccc(F)c3)C2)n1Cc1ccccc1. The first-order chi connectivity index (χ1) is 13.6. The van der Waals surface area contributed by atoms with Crippen LogP contribution in [0.4, 0.5) is 4.39 Å². The Balaban J connectivity index is 1.45. The number of hydrogen-bond acceptors (Lipinski definition) is 2. The van der Waals surface area contributed by atoms with Crippen LogP contribution >= 0.6 is 0 Å². The van der Waals surface area contributed by atoms with Crippen LogP contribution in [0.3, 0.4) is 0 Å². The van der Waals surface area contributed by atoms with E-state index in [1.807, 2.05) is 29.3 Å². The molecule has 0 spiro atoms. The number of halogens is 1. The summed E-state index contributed by atoms with van der Waals surface area (Å²) in [6, 6.07) is 16.6. The van der Waals surface area contributed by atoms with Gasteiger partial charge in [-0.15, -0.1) is 0 Å². The van der Waals surface area contributed by atoms with Crippen LogP contribution in [0.5, 0.6) is 0 Å². The van der Waals surface area contributed by atoms with Gasteiger partial charge in [-0.25, -0.2) is 9.37 Å². The predicted molar refractivity (Wildman–Crippen MR) is 107 cm³/mol. The van der Waals surface area contributed by atoms with Crippen LogP contribution in [0.1, 0.15) is 35.0 Å². The number of nitrogens with zero attached hydrogens (tertiary/aromatic N) is 3. The third-order valence-electron chi connectivity index (χ3n) is 5.42. The standard InChI is InChI=1S/C23H24FN3O/c1-17-14-25-23(27(17)15-18-6-3-2-4-7-18)20-10-11-26(16-20)22(28)13-19-8-5-9-21(24)12-19/h2-9,12,14,20H,10-11,13,15-16H2,1H3. The number of imidazole rings is 1. The molecule has 0 radical (unpaired) electrons. The van der Waals surface area contributed by atoms with Crippen molar-refractivity contribution in [1.82, 2.24) is 14.5 Å². The van der Waals surface area contributed by atoms with Gasteiger partial charge in [-0.05, 0) is 36.6 Å². The molecule has 1 aliphatic heterocycles. The Morgan fingerprint density at radius 3 is 2.71 bits per heavy atom. The summed E-state index contributed by atoms with van der Waals surface area (Å²) >= 11 is 0. The van der Waals surface area contributed by atoms with E-state index in [4.69, 9.17) is 0 Å². The molecule has 2 heterocycles. The Morgan fingerprint density at radius 1 is 1.14 bits per heavy atom. The minimum Gasteiger partial charge on any atom is -0.342 e. The Morgan fingerprint density at radius 2 is 1.93 bits per heavy atom. The first-order valence-corrected chi connectivity index (χ1v) is 9.68. The Hall–Kier alpha value is -2.95. The number of benzene rings is 2. The van der Waals surface area contributed by atoms with Gasteiger partial charge in [0.15, 0.2) is 0 Å². The lowest BCUT2D eigenvalue weighted by molar-refractivity contribution is -0.129. The summed E-state index contributed by atoms with van der Waals surface area (Å²) in [5, 5.41) is 0. The second-order valence-corrected chi connectivity index (χ2v) is 7.46. The molecule has 1 saturated heterocycles. The highest BCUT2D eigenvalue weighted by atomic mass is 19.1. The molecule has 1 fully saturated rings. The van der Waals surface area contributed by atoms with E-state index in [2.05, 4.69) is 28.6 Å². The van der Waals surface area contributed by atoms with E-state index in [9.17, 15) is 9.18 Å². The summed E-state index contributed by atoms with van der Waals surface area (Å²) < 4.78 is 15.6. The van der Waals surface area contributed by atoms with Crippen LogP contribution in [0.2, 0.25) is 0 Å². The van der Waals surface area contributed by atoms with E-state index in [0.29, 0.717) is 6.54 Å². The third kappa shape index (κ3) is 3.98. The van der Waals surface area contributed by atoms with Crippen molar-refractivity contribution in [2.24, 2.45) is 0 Å². The van der Waals surface area contributed by atoms with E-state index in [1.165, 1.54) is 17.7 Å². The van der Waals surface area contributed by atoms with Crippen molar-refractivity contribution in [1.29, 1.82) is 0 Å². The van der Waals surface area contributed by atoms with Gasteiger partial charge in [-0.1, -0.05) is 42.5 Å². The molecule has 4 nitrogen and oxygen atoms in total. The number of aromatic nitrogens is 2. The van der Waals surface area contributed by atoms with E-state index < -0.39 is 0 Å². The van der Waals surface area contributed by atoms with Gasteiger partial charge in [-0.3, -0.25) is 4.79 Å². The lowest BCUT2D eigenvalue weighted by atomic mass is 10.1. The Labute approximate surface area is 164 Å². The molecule has 3 aromatic rings. The van der Waals surface area contributed by atoms with Crippen molar-refractivity contribution in [3.8, 4) is 0 Å². The molecular formula is C23H24FN3O. The van der Waals surface area contributed by atoms with E-state index in [1.54, 1.807) is 12.1 Å². The Kier molecular flexibility index (Phi) is 5.24. The largest absolute Gasteiger partial charge is 0.342 e. The maximum atomic E-state index is 13.4. The van der Waals surface area contributed by atoms with Gasteiger partial charge in [0.1, 0.15) is 11.6 Å². The summed E-state index contributed by atoms with van der Waals surface area (Å²) in [6.45, 7) is 4.24. The second kappa shape index (κ2) is 7.97. The van der Waals surface area contributed by atoms with Gasteiger partial charge in [-0.2, -0.15) is 0 Å². The fraction of sp³-hybridized carbons (Fsp3) is 0.304. The molecule has 5 heteroatoms. The van der Waals surface area contributed by atoms with E-state index >= 15 is 0 Å². The van der Waals surface area contributed by atoms with Gasteiger partial charge in [0.2, 0.25) is 5.91 Å². The normalized spacial score (nSPS) is 16.5. The molecular weight excluding hydrogens is 353 g/mol. The smallest absolute Gasteiger partial charge is 0.227 e. The molecule has 1 aliphatic rings. The highest BCUT2D eigenvalue weighted by Crippen LogP contribution is 2.28. The molecule has 4 rings (SSSR count). The number of rotatable bonds is 5. The fourth-order valence-electron chi connectivity index (χ4n) is 3.91. The molecule has 0 bridgehead atoms. The average molecular weight is 377 g/mol. The average Bonchev–Trinajstić information content (AvgIpc) is 3.30. The number of amides is 1. The van der Waals surface area contributed by atoms with Crippen LogP contribution in [0.25, 0.3) is 0 Å². The minimum absolute atomic E-state index is 0.0472. The predicted octanol–water partition coefficient (Wildman–Crippen LogP) is 3.94. The summed E-state index contributed by atoms with van der Waals surface area (Å²) in [4.78, 5) is 19.2. The van der Waals surface area contributed by atoms with Crippen molar-refractivity contribution in [3.05, 3.63) is 89.3 Å². The fourth-order valence-corrected chi connectivity index (χ4v) is 3.91. The highest BCUT2D eigenvalue weighted by molar-refractivity contribution is 5.79. The van der Waals surface area contributed by atoms with Gasteiger partial charge in [0, 0.05) is 37.4 Å². The molecule has 144 valence electrons. The molecule has 0 aliphatic carbocycles. The molecule has 1 unspecified atom stereocenters. The first kappa shape index (κ1) is 18.4. The van der Waals surface area contributed by atoms with Crippen LogP contribution in [-0.2, 0) is 17.8 Å². The first-order valence-electron chi connectivity index (χ1n) is 9.68. The van der Waals surface area contributed by atoms with Crippen LogP contribution in [-0.4, -0.2) is 33.4 Å². The van der Waals surface area contributed by atoms with Gasteiger partial charge >= 0.3 is 0 Å². The van der Waals surface area contributed by atoms with Gasteiger partial charge < -0.3 is 9.47 Å². The topological polar surface area (TPSA) is 38.1 Å². The summed E-state index contributed by atoms with van der Waals surface area (Å²) in [5.74, 6) is 1.02. The second-order valence-electron chi connectivity index (χ2n) is 7.46. The van der Waals surface area contributed by atoms with E-state index in [-0.39, 0.29) is 24.1 Å². The van der Waals surface area contributed by atoms with Crippen LogP contribution in [0, 0.1) is 12.7 Å². The quantitative estimate of drug-likeness (QED) is 0.676.